The Morgan fingerprint density at radius 3 is 2.58 bits per heavy atom. The Morgan fingerprint density at radius 1 is 1.42 bits per heavy atom. The van der Waals surface area contributed by atoms with Gasteiger partial charge in [0.2, 0.25) is 0 Å². The number of halogens is 4. The molecule has 1 aromatic rings. The lowest BCUT2D eigenvalue weighted by Crippen LogP contribution is -1.99. The molecule has 0 amide bonds. The van der Waals surface area contributed by atoms with Crippen molar-refractivity contribution in [2.45, 2.75) is 10.4 Å². The predicted octanol–water partition coefficient (Wildman–Crippen LogP) is 3.35. The molecule has 0 saturated heterocycles. The lowest BCUT2D eigenvalue weighted by atomic mass is 10.5. The molecule has 66 valence electrons. The molecule has 1 nitrogen and oxygen atoms in total. The topological polar surface area (TPSA) is 12.9 Å². The van der Waals surface area contributed by atoms with Crippen molar-refractivity contribution in [2.75, 3.05) is 0 Å². The molecular weight excluding hydrogens is 211 g/mol. The Bertz CT molecular complexity index is 276. The molecule has 0 aliphatic rings. The van der Waals surface area contributed by atoms with E-state index in [4.69, 9.17) is 11.6 Å². The van der Waals surface area contributed by atoms with Gasteiger partial charge in [-0.05, 0) is 23.9 Å². The summed E-state index contributed by atoms with van der Waals surface area (Å²) in [6.45, 7) is 0. The summed E-state index contributed by atoms with van der Waals surface area (Å²) in [5, 5.41) is -0.125. The van der Waals surface area contributed by atoms with E-state index in [1.807, 2.05) is 0 Å². The van der Waals surface area contributed by atoms with E-state index in [0.29, 0.717) is 0 Å². The van der Waals surface area contributed by atoms with Crippen molar-refractivity contribution in [2.24, 2.45) is 0 Å². The van der Waals surface area contributed by atoms with Gasteiger partial charge in [-0.15, -0.1) is 0 Å². The van der Waals surface area contributed by atoms with Gasteiger partial charge in [-0.3, -0.25) is 0 Å². The third kappa shape index (κ3) is 2.91. The summed E-state index contributed by atoms with van der Waals surface area (Å²) in [5.74, 6) is 0. The first-order valence-electron chi connectivity index (χ1n) is 2.85. The zero-order valence-electron chi connectivity index (χ0n) is 5.60. The number of pyridine rings is 1. The van der Waals surface area contributed by atoms with Gasteiger partial charge in [0.05, 0.1) is 4.90 Å². The number of alkyl halides is 3. The summed E-state index contributed by atoms with van der Waals surface area (Å²) in [6, 6.07) is 2.67. The van der Waals surface area contributed by atoms with Gasteiger partial charge < -0.3 is 0 Å². The fraction of sp³-hybridized carbons (Fsp3) is 0.167. The average molecular weight is 214 g/mol. The molecule has 0 atom stereocenters. The summed E-state index contributed by atoms with van der Waals surface area (Å²) in [5.41, 5.74) is -4.31. The molecule has 0 aliphatic heterocycles. The molecule has 0 aliphatic carbocycles. The van der Waals surface area contributed by atoms with Crippen molar-refractivity contribution in [1.29, 1.82) is 0 Å². The number of hydrogen-bond acceptors (Lipinski definition) is 2. The summed E-state index contributed by atoms with van der Waals surface area (Å²) in [7, 11) is 0. The second-order valence-electron chi connectivity index (χ2n) is 1.84. The number of aromatic nitrogens is 1. The minimum atomic E-state index is -4.31. The quantitative estimate of drug-likeness (QED) is 0.524. The lowest BCUT2D eigenvalue weighted by Gasteiger charge is -2.05. The normalized spacial score (nSPS) is 11.7. The van der Waals surface area contributed by atoms with E-state index in [2.05, 4.69) is 4.98 Å². The van der Waals surface area contributed by atoms with E-state index in [1.165, 1.54) is 18.3 Å². The van der Waals surface area contributed by atoms with E-state index in [0.717, 1.165) is 0 Å². The minimum Gasteiger partial charge on any atom is -0.243 e. The van der Waals surface area contributed by atoms with Crippen LogP contribution in [0.25, 0.3) is 0 Å². The van der Waals surface area contributed by atoms with Gasteiger partial charge in [0.1, 0.15) is 5.15 Å². The highest BCUT2D eigenvalue weighted by molar-refractivity contribution is 8.00. The SMILES string of the molecule is FC(F)(F)Sc1cccnc1Cl. The smallest absolute Gasteiger partial charge is 0.243 e. The summed E-state index contributed by atoms with van der Waals surface area (Å²) >= 11 is 5.13. The van der Waals surface area contributed by atoms with E-state index in [-0.39, 0.29) is 21.8 Å². The molecule has 0 N–H and O–H groups in total. The molecule has 1 rings (SSSR count). The first-order valence-corrected chi connectivity index (χ1v) is 4.05. The predicted molar refractivity (Wildman–Crippen MR) is 41.2 cm³/mol. The summed E-state index contributed by atoms with van der Waals surface area (Å²) in [4.78, 5) is 3.43. The number of hydrogen-bond donors (Lipinski definition) is 0. The maximum Gasteiger partial charge on any atom is 0.446 e. The summed E-state index contributed by atoms with van der Waals surface area (Å²) < 4.78 is 35.4. The maximum absolute atomic E-state index is 11.8. The van der Waals surface area contributed by atoms with Crippen molar-refractivity contribution < 1.29 is 13.2 Å². The second kappa shape index (κ2) is 3.53. The lowest BCUT2D eigenvalue weighted by molar-refractivity contribution is -0.0328. The molecule has 0 radical (unpaired) electrons. The van der Waals surface area contributed by atoms with Gasteiger partial charge in [0.15, 0.2) is 0 Å². The van der Waals surface area contributed by atoms with Gasteiger partial charge >= 0.3 is 5.51 Å². The third-order valence-electron chi connectivity index (χ3n) is 0.951. The molecule has 0 spiro atoms. The van der Waals surface area contributed by atoms with Gasteiger partial charge in [0, 0.05) is 6.20 Å². The first-order chi connectivity index (χ1) is 5.49. The third-order valence-corrected chi connectivity index (χ3v) is 2.14. The molecule has 6 heteroatoms. The molecule has 0 unspecified atom stereocenters. The van der Waals surface area contributed by atoms with Crippen molar-refractivity contribution in [3.8, 4) is 0 Å². The monoisotopic (exact) mass is 213 g/mol. The van der Waals surface area contributed by atoms with E-state index in [1.54, 1.807) is 0 Å². The number of thioether (sulfide) groups is 1. The van der Waals surface area contributed by atoms with E-state index in [9.17, 15) is 13.2 Å². The van der Waals surface area contributed by atoms with Gasteiger partial charge in [0.25, 0.3) is 0 Å². The van der Waals surface area contributed by atoms with E-state index < -0.39 is 5.51 Å². The largest absolute Gasteiger partial charge is 0.446 e. The molecule has 0 aromatic carbocycles. The van der Waals surface area contributed by atoms with Crippen LogP contribution in [0.15, 0.2) is 23.2 Å². The first kappa shape index (κ1) is 9.67. The Hall–Kier alpha value is -0.420. The standard InChI is InChI=1S/C6H3ClF3NS/c7-5-4(2-1-3-11-5)12-6(8,9)10/h1-3H. The van der Waals surface area contributed by atoms with Crippen LogP contribution < -0.4 is 0 Å². The van der Waals surface area contributed by atoms with E-state index >= 15 is 0 Å². The van der Waals surface area contributed by atoms with Crippen LogP contribution in [-0.4, -0.2) is 10.5 Å². The molecule has 1 heterocycles. The van der Waals surface area contributed by atoms with Crippen molar-refractivity contribution >= 4 is 23.4 Å². The summed E-state index contributed by atoms with van der Waals surface area (Å²) in [6.07, 6.45) is 1.34. The fourth-order valence-electron chi connectivity index (χ4n) is 0.572. The zero-order chi connectivity index (χ0) is 9.19. The molecule has 0 bridgehead atoms. The van der Waals surface area contributed by atoms with Gasteiger partial charge in [-0.1, -0.05) is 11.6 Å². The minimum absolute atomic E-state index is 0.0772. The fourth-order valence-corrected chi connectivity index (χ4v) is 1.34. The average Bonchev–Trinajstić information content (AvgIpc) is 1.91. The van der Waals surface area contributed by atoms with Crippen molar-refractivity contribution in [3.63, 3.8) is 0 Å². The van der Waals surface area contributed by atoms with Gasteiger partial charge in [-0.25, -0.2) is 4.98 Å². The molecule has 1 aromatic heterocycles. The van der Waals surface area contributed by atoms with Crippen LogP contribution in [0.1, 0.15) is 0 Å². The maximum atomic E-state index is 11.8. The molecule has 0 fully saturated rings. The Balaban J connectivity index is 2.83. The highest BCUT2D eigenvalue weighted by Crippen LogP contribution is 2.39. The van der Waals surface area contributed by atoms with Crippen LogP contribution in [0.3, 0.4) is 0 Å². The van der Waals surface area contributed by atoms with Crippen LogP contribution in [0.2, 0.25) is 5.15 Å². The second-order valence-corrected chi connectivity index (χ2v) is 3.31. The van der Waals surface area contributed by atoms with Crippen LogP contribution in [0.4, 0.5) is 13.2 Å². The molecular formula is C6H3ClF3NS. The molecule has 0 saturated carbocycles. The Labute approximate surface area is 75.9 Å². The highest BCUT2D eigenvalue weighted by Gasteiger charge is 2.30. The van der Waals surface area contributed by atoms with Crippen molar-refractivity contribution in [3.05, 3.63) is 23.5 Å². The van der Waals surface area contributed by atoms with Crippen LogP contribution in [-0.2, 0) is 0 Å². The van der Waals surface area contributed by atoms with Gasteiger partial charge in [-0.2, -0.15) is 13.2 Å². The van der Waals surface area contributed by atoms with Crippen molar-refractivity contribution in [1.82, 2.24) is 4.98 Å². The molecule has 12 heavy (non-hydrogen) atoms. The van der Waals surface area contributed by atoms with Crippen LogP contribution in [0, 0.1) is 0 Å². The number of nitrogens with zero attached hydrogens (tertiary/aromatic N) is 1. The zero-order valence-corrected chi connectivity index (χ0v) is 7.17. The Kier molecular flexibility index (Phi) is 2.85. The van der Waals surface area contributed by atoms with Crippen LogP contribution >= 0.6 is 23.4 Å². The highest BCUT2D eigenvalue weighted by atomic mass is 35.5. The Morgan fingerprint density at radius 2 is 2.08 bits per heavy atom. The number of rotatable bonds is 1. The van der Waals surface area contributed by atoms with Crippen LogP contribution in [0.5, 0.6) is 0 Å².